The molecular formula is C12H16ClNO2. The maximum absolute atomic E-state index is 9.23. The van der Waals surface area contributed by atoms with Gasteiger partial charge < -0.3 is 15.2 Å². The number of phenols is 1. The number of ether oxygens (including phenoxy) is 1. The molecule has 0 fully saturated rings. The van der Waals surface area contributed by atoms with E-state index in [1.165, 1.54) is 6.26 Å². The van der Waals surface area contributed by atoms with Gasteiger partial charge in [-0.25, -0.2) is 0 Å². The SMILES string of the molecule is C=COCCCNCc1ccc(O)c(Cl)c1. The lowest BCUT2D eigenvalue weighted by atomic mass is 10.2. The van der Waals surface area contributed by atoms with Crippen molar-refractivity contribution in [2.75, 3.05) is 13.2 Å². The first-order valence-corrected chi connectivity index (χ1v) is 5.52. The summed E-state index contributed by atoms with van der Waals surface area (Å²) in [5.74, 6) is 0.116. The molecule has 0 saturated carbocycles. The van der Waals surface area contributed by atoms with Crippen LogP contribution < -0.4 is 5.32 Å². The summed E-state index contributed by atoms with van der Waals surface area (Å²) < 4.78 is 4.99. The highest BCUT2D eigenvalue weighted by Gasteiger charge is 1.99. The minimum Gasteiger partial charge on any atom is -0.506 e. The molecule has 3 nitrogen and oxygen atoms in total. The molecular weight excluding hydrogens is 226 g/mol. The summed E-state index contributed by atoms with van der Waals surface area (Å²) in [6.07, 6.45) is 2.37. The number of benzene rings is 1. The van der Waals surface area contributed by atoms with Crippen LogP contribution in [0, 0.1) is 0 Å². The Morgan fingerprint density at radius 1 is 1.50 bits per heavy atom. The summed E-state index contributed by atoms with van der Waals surface area (Å²) in [5, 5.41) is 12.9. The van der Waals surface area contributed by atoms with Crippen LogP contribution in [0.25, 0.3) is 0 Å². The number of rotatable bonds is 7. The predicted molar refractivity (Wildman–Crippen MR) is 65.6 cm³/mol. The Morgan fingerprint density at radius 3 is 3.00 bits per heavy atom. The van der Waals surface area contributed by atoms with Crippen molar-refractivity contribution in [1.29, 1.82) is 0 Å². The average molecular weight is 242 g/mol. The van der Waals surface area contributed by atoms with Gasteiger partial charge in [0.15, 0.2) is 0 Å². The lowest BCUT2D eigenvalue weighted by molar-refractivity contribution is 0.244. The van der Waals surface area contributed by atoms with Crippen LogP contribution in [0.1, 0.15) is 12.0 Å². The molecule has 0 aliphatic rings. The van der Waals surface area contributed by atoms with Crippen LogP contribution in [0.15, 0.2) is 31.0 Å². The van der Waals surface area contributed by atoms with Crippen molar-refractivity contribution >= 4 is 11.6 Å². The van der Waals surface area contributed by atoms with E-state index in [-0.39, 0.29) is 5.75 Å². The van der Waals surface area contributed by atoms with Crippen LogP contribution >= 0.6 is 11.6 Å². The van der Waals surface area contributed by atoms with Gasteiger partial charge in [-0.2, -0.15) is 0 Å². The molecule has 1 aromatic carbocycles. The molecule has 0 atom stereocenters. The maximum atomic E-state index is 9.23. The molecule has 1 aromatic rings. The van der Waals surface area contributed by atoms with E-state index < -0.39 is 0 Å². The monoisotopic (exact) mass is 241 g/mol. The number of phenolic OH excluding ortho intramolecular Hbond substituents is 1. The third-order valence-corrected chi connectivity index (χ3v) is 2.38. The molecule has 0 saturated heterocycles. The maximum Gasteiger partial charge on any atom is 0.134 e. The molecule has 4 heteroatoms. The fourth-order valence-corrected chi connectivity index (χ4v) is 1.46. The smallest absolute Gasteiger partial charge is 0.134 e. The first-order valence-electron chi connectivity index (χ1n) is 5.14. The summed E-state index contributed by atoms with van der Waals surface area (Å²) in [4.78, 5) is 0. The van der Waals surface area contributed by atoms with Gasteiger partial charge in [0.2, 0.25) is 0 Å². The zero-order valence-corrected chi connectivity index (χ0v) is 9.83. The van der Waals surface area contributed by atoms with Gasteiger partial charge in [0.25, 0.3) is 0 Å². The summed E-state index contributed by atoms with van der Waals surface area (Å²) in [6.45, 7) is 5.73. The van der Waals surface area contributed by atoms with Crippen LogP contribution in [0.4, 0.5) is 0 Å². The van der Waals surface area contributed by atoms with E-state index in [9.17, 15) is 5.11 Å². The third-order valence-electron chi connectivity index (χ3n) is 2.07. The van der Waals surface area contributed by atoms with E-state index in [1.807, 2.05) is 6.07 Å². The average Bonchev–Trinajstić information content (AvgIpc) is 2.28. The van der Waals surface area contributed by atoms with E-state index >= 15 is 0 Å². The van der Waals surface area contributed by atoms with Crippen LogP contribution in [0.5, 0.6) is 5.75 Å². The van der Waals surface area contributed by atoms with E-state index in [2.05, 4.69) is 11.9 Å². The number of nitrogens with one attached hydrogen (secondary N) is 1. The quantitative estimate of drug-likeness (QED) is 0.570. The summed E-state index contributed by atoms with van der Waals surface area (Å²) >= 11 is 5.79. The molecule has 0 aromatic heterocycles. The predicted octanol–water partition coefficient (Wildman–Crippen LogP) is 2.69. The normalized spacial score (nSPS) is 10.1. The minimum absolute atomic E-state index is 0.116. The van der Waals surface area contributed by atoms with Crippen molar-refractivity contribution in [3.8, 4) is 5.75 Å². The van der Waals surface area contributed by atoms with Crippen LogP contribution in [-0.4, -0.2) is 18.3 Å². The van der Waals surface area contributed by atoms with Crippen LogP contribution in [0.3, 0.4) is 0 Å². The Hall–Kier alpha value is -1.19. The lowest BCUT2D eigenvalue weighted by Crippen LogP contribution is -2.15. The summed E-state index contributed by atoms with van der Waals surface area (Å²) in [5.41, 5.74) is 1.05. The third kappa shape index (κ3) is 4.55. The second kappa shape index (κ2) is 7.14. The largest absolute Gasteiger partial charge is 0.506 e. The Labute approximate surface area is 101 Å². The Bertz CT molecular complexity index is 342. The van der Waals surface area contributed by atoms with Gasteiger partial charge in [-0.3, -0.25) is 0 Å². The van der Waals surface area contributed by atoms with Crippen molar-refractivity contribution in [2.45, 2.75) is 13.0 Å². The molecule has 0 bridgehead atoms. The minimum atomic E-state index is 0.116. The van der Waals surface area contributed by atoms with E-state index in [0.29, 0.717) is 11.6 Å². The second-order valence-electron chi connectivity index (χ2n) is 3.35. The number of halogens is 1. The van der Waals surface area contributed by atoms with Gasteiger partial charge in [-0.05, 0) is 30.7 Å². The first kappa shape index (κ1) is 12.9. The standard InChI is InChI=1S/C12H16ClNO2/c1-2-16-7-3-6-14-9-10-4-5-12(15)11(13)8-10/h2,4-5,8,14-15H,1,3,6-7,9H2. The highest BCUT2D eigenvalue weighted by molar-refractivity contribution is 6.32. The van der Waals surface area contributed by atoms with Gasteiger partial charge in [-0.15, -0.1) is 0 Å². The second-order valence-corrected chi connectivity index (χ2v) is 3.76. The molecule has 0 aliphatic heterocycles. The van der Waals surface area contributed by atoms with Crippen molar-refractivity contribution in [1.82, 2.24) is 5.32 Å². The van der Waals surface area contributed by atoms with E-state index in [0.717, 1.165) is 25.1 Å². The molecule has 0 radical (unpaired) electrons. The fourth-order valence-electron chi connectivity index (χ4n) is 1.26. The highest BCUT2D eigenvalue weighted by atomic mass is 35.5. The Kier molecular flexibility index (Phi) is 5.75. The summed E-state index contributed by atoms with van der Waals surface area (Å²) in [6, 6.07) is 5.19. The molecule has 1 rings (SSSR count). The van der Waals surface area contributed by atoms with Gasteiger partial charge in [0.1, 0.15) is 5.75 Å². The zero-order valence-electron chi connectivity index (χ0n) is 9.08. The number of hydrogen-bond acceptors (Lipinski definition) is 3. The molecule has 0 heterocycles. The zero-order chi connectivity index (χ0) is 11.8. The molecule has 2 N–H and O–H groups in total. The van der Waals surface area contributed by atoms with Crippen molar-refractivity contribution in [3.05, 3.63) is 41.6 Å². The van der Waals surface area contributed by atoms with Crippen LogP contribution in [-0.2, 0) is 11.3 Å². The summed E-state index contributed by atoms with van der Waals surface area (Å²) in [7, 11) is 0. The van der Waals surface area contributed by atoms with Crippen molar-refractivity contribution in [3.63, 3.8) is 0 Å². The molecule has 0 aliphatic carbocycles. The van der Waals surface area contributed by atoms with Crippen LogP contribution in [0.2, 0.25) is 5.02 Å². The molecule has 0 spiro atoms. The van der Waals surface area contributed by atoms with E-state index in [4.69, 9.17) is 16.3 Å². The lowest BCUT2D eigenvalue weighted by Gasteiger charge is -2.06. The van der Waals surface area contributed by atoms with Crippen molar-refractivity contribution in [2.24, 2.45) is 0 Å². The topological polar surface area (TPSA) is 41.5 Å². The van der Waals surface area contributed by atoms with E-state index in [1.54, 1.807) is 12.1 Å². The van der Waals surface area contributed by atoms with Gasteiger partial charge >= 0.3 is 0 Å². The van der Waals surface area contributed by atoms with Gasteiger partial charge in [-0.1, -0.05) is 24.2 Å². The first-order chi connectivity index (χ1) is 7.74. The van der Waals surface area contributed by atoms with Gasteiger partial charge in [0.05, 0.1) is 17.9 Å². The van der Waals surface area contributed by atoms with Crippen molar-refractivity contribution < 1.29 is 9.84 Å². The van der Waals surface area contributed by atoms with Gasteiger partial charge in [0, 0.05) is 6.54 Å². The Balaban J connectivity index is 2.21. The number of aromatic hydroxyl groups is 1. The number of hydrogen-bond donors (Lipinski definition) is 2. The molecule has 16 heavy (non-hydrogen) atoms. The fraction of sp³-hybridized carbons (Fsp3) is 0.333. The Morgan fingerprint density at radius 2 is 2.31 bits per heavy atom. The molecule has 0 unspecified atom stereocenters. The molecule has 88 valence electrons. The molecule has 0 amide bonds. The highest BCUT2D eigenvalue weighted by Crippen LogP contribution is 2.23.